The molecule has 1 N–H and O–H groups in total. The van der Waals surface area contributed by atoms with Gasteiger partial charge >= 0.3 is 6.03 Å². The summed E-state index contributed by atoms with van der Waals surface area (Å²) in [6.45, 7) is 3.75. The molecule has 0 radical (unpaired) electrons. The first-order valence-electron chi connectivity index (χ1n) is 9.99. The summed E-state index contributed by atoms with van der Waals surface area (Å²) in [5.41, 5.74) is 3.02. The van der Waals surface area contributed by atoms with E-state index in [9.17, 15) is 4.79 Å². The largest absolute Gasteiger partial charge is 0.337 e. The lowest BCUT2D eigenvalue weighted by molar-refractivity contribution is 0.155. The van der Waals surface area contributed by atoms with Crippen LogP contribution < -0.4 is 5.32 Å². The number of nitrogens with one attached hydrogen (secondary N) is 1. The zero-order valence-electron chi connectivity index (χ0n) is 16.3. The summed E-state index contributed by atoms with van der Waals surface area (Å²) in [5, 5.41) is 3.16. The fraction of sp³-hybridized carbons (Fsp3) is 0.364. The molecule has 0 saturated carbocycles. The average molecular weight is 377 g/mol. The van der Waals surface area contributed by atoms with Crippen LogP contribution in [0.5, 0.6) is 0 Å². The molecule has 0 aliphatic carbocycles. The number of aryl methyl sites for hydroxylation is 1. The molecule has 0 bridgehead atoms. The van der Waals surface area contributed by atoms with E-state index in [-0.39, 0.29) is 12.1 Å². The first kappa shape index (κ1) is 18.3. The van der Waals surface area contributed by atoms with Gasteiger partial charge in [0.15, 0.2) is 0 Å². The number of amides is 2. The van der Waals surface area contributed by atoms with E-state index in [1.807, 2.05) is 54.1 Å². The van der Waals surface area contributed by atoms with Crippen LogP contribution in [0.4, 0.5) is 10.5 Å². The number of anilines is 1. The Morgan fingerprint density at radius 1 is 1.18 bits per heavy atom. The van der Waals surface area contributed by atoms with Crippen molar-refractivity contribution in [2.75, 3.05) is 11.9 Å². The minimum atomic E-state index is 0.00286. The highest BCUT2D eigenvalue weighted by Crippen LogP contribution is 2.25. The molecule has 146 valence electrons. The SMILES string of the molecule is Cc1c(NC(=O)N2CCCCC2CCn2ccnc2)cccc1-n1cccc1. The van der Waals surface area contributed by atoms with Gasteiger partial charge in [-0.1, -0.05) is 6.07 Å². The smallest absolute Gasteiger partial charge is 0.322 e. The molecule has 28 heavy (non-hydrogen) atoms. The third-order valence-corrected chi connectivity index (χ3v) is 5.60. The monoisotopic (exact) mass is 377 g/mol. The molecular weight excluding hydrogens is 350 g/mol. The predicted octanol–water partition coefficient (Wildman–Crippen LogP) is 4.46. The molecule has 3 heterocycles. The normalized spacial score (nSPS) is 16.9. The number of benzene rings is 1. The maximum atomic E-state index is 13.1. The van der Waals surface area contributed by atoms with Gasteiger partial charge in [-0.2, -0.15) is 0 Å². The van der Waals surface area contributed by atoms with Crippen LogP contribution >= 0.6 is 0 Å². The highest BCUT2D eigenvalue weighted by Gasteiger charge is 2.27. The molecule has 1 aliphatic rings. The number of aromatic nitrogens is 3. The van der Waals surface area contributed by atoms with Crippen molar-refractivity contribution in [3.05, 3.63) is 67.0 Å². The number of hydrogen-bond acceptors (Lipinski definition) is 2. The van der Waals surface area contributed by atoms with E-state index >= 15 is 0 Å². The Bertz CT molecular complexity index is 901. The fourth-order valence-corrected chi connectivity index (χ4v) is 4.01. The van der Waals surface area contributed by atoms with Crippen LogP contribution in [0.2, 0.25) is 0 Å². The Labute approximate surface area is 165 Å². The number of rotatable bonds is 5. The minimum absolute atomic E-state index is 0.00286. The highest BCUT2D eigenvalue weighted by atomic mass is 16.2. The van der Waals surface area contributed by atoms with Crippen LogP contribution in [0, 0.1) is 6.92 Å². The molecule has 1 aliphatic heterocycles. The quantitative estimate of drug-likeness (QED) is 0.714. The molecular formula is C22H27N5O. The molecule has 6 nitrogen and oxygen atoms in total. The average Bonchev–Trinajstić information content (AvgIpc) is 3.42. The Morgan fingerprint density at radius 2 is 2.04 bits per heavy atom. The molecule has 2 amide bonds. The minimum Gasteiger partial charge on any atom is -0.337 e. The van der Waals surface area contributed by atoms with E-state index in [2.05, 4.69) is 32.4 Å². The summed E-state index contributed by atoms with van der Waals surface area (Å²) in [6, 6.07) is 10.3. The van der Waals surface area contributed by atoms with Crippen LogP contribution in [-0.4, -0.2) is 37.6 Å². The molecule has 3 aromatic rings. The van der Waals surface area contributed by atoms with Crippen molar-refractivity contribution >= 4 is 11.7 Å². The molecule has 1 fully saturated rings. The van der Waals surface area contributed by atoms with E-state index in [1.54, 1.807) is 6.20 Å². The number of hydrogen-bond donors (Lipinski definition) is 1. The second-order valence-corrected chi connectivity index (χ2v) is 7.40. The second-order valence-electron chi connectivity index (χ2n) is 7.40. The summed E-state index contributed by atoms with van der Waals surface area (Å²) in [4.78, 5) is 19.2. The van der Waals surface area contributed by atoms with Gasteiger partial charge in [-0.25, -0.2) is 9.78 Å². The van der Waals surface area contributed by atoms with Gasteiger partial charge < -0.3 is 19.4 Å². The molecule has 1 unspecified atom stereocenters. The lowest BCUT2D eigenvalue weighted by atomic mass is 9.99. The van der Waals surface area contributed by atoms with Crippen LogP contribution in [0.3, 0.4) is 0 Å². The van der Waals surface area contributed by atoms with Crippen molar-refractivity contribution in [3.8, 4) is 5.69 Å². The molecule has 1 saturated heterocycles. The zero-order chi connectivity index (χ0) is 19.3. The van der Waals surface area contributed by atoms with Gasteiger partial charge in [-0.05, 0) is 62.4 Å². The molecule has 1 atom stereocenters. The third kappa shape index (κ3) is 3.96. The number of nitrogens with zero attached hydrogens (tertiary/aromatic N) is 4. The topological polar surface area (TPSA) is 55.1 Å². The van der Waals surface area contributed by atoms with Gasteiger partial charge in [0.25, 0.3) is 0 Å². The summed E-state index contributed by atoms with van der Waals surface area (Å²) in [5.74, 6) is 0. The van der Waals surface area contributed by atoms with E-state index in [4.69, 9.17) is 0 Å². The zero-order valence-corrected chi connectivity index (χ0v) is 16.3. The number of piperidine rings is 1. The van der Waals surface area contributed by atoms with Crippen LogP contribution in [0.1, 0.15) is 31.2 Å². The van der Waals surface area contributed by atoms with Crippen LogP contribution in [0.15, 0.2) is 61.4 Å². The first-order valence-corrected chi connectivity index (χ1v) is 9.99. The molecule has 0 spiro atoms. The maximum Gasteiger partial charge on any atom is 0.322 e. The number of carbonyl (C=O) groups excluding carboxylic acids is 1. The maximum absolute atomic E-state index is 13.1. The summed E-state index contributed by atoms with van der Waals surface area (Å²) >= 11 is 0. The summed E-state index contributed by atoms with van der Waals surface area (Å²) in [7, 11) is 0. The molecule has 6 heteroatoms. The second kappa shape index (κ2) is 8.33. The van der Waals surface area contributed by atoms with Gasteiger partial charge in [0.1, 0.15) is 0 Å². The molecule has 2 aromatic heterocycles. The third-order valence-electron chi connectivity index (χ3n) is 5.60. The van der Waals surface area contributed by atoms with Gasteiger partial charge in [-0.15, -0.1) is 0 Å². The summed E-state index contributed by atoms with van der Waals surface area (Å²) < 4.78 is 4.15. The number of carbonyl (C=O) groups is 1. The fourth-order valence-electron chi connectivity index (χ4n) is 4.01. The van der Waals surface area contributed by atoms with Crippen molar-refractivity contribution in [1.29, 1.82) is 0 Å². The van der Waals surface area contributed by atoms with E-state index < -0.39 is 0 Å². The van der Waals surface area contributed by atoms with Crippen molar-refractivity contribution in [1.82, 2.24) is 19.0 Å². The highest BCUT2D eigenvalue weighted by molar-refractivity contribution is 5.91. The lowest BCUT2D eigenvalue weighted by Crippen LogP contribution is -2.46. The Kier molecular flexibility index (Phi) is 5.46. The van der Waals surface area contributed by atoms with E-state index in [0.29, 0.717) is 0 Å². The number of urea groups is 1. The lowest BCUT2D eigenvalue weighted by Gasteiger charge is -2.36. The predicted molar refractivity (Wildman–Crippen MR) is 111 cm³/mol. The van der Waals surface area contributed by atoms with Crippen LogP contribution in [0.25, 0.3) is 5.69 Å². The molecule has 1 aromatic carbocycles. The van der Waals surface area contributed by atoms with E-state index in [0.717, 1.165) is 49.3 Å². The van der Waals surface area contributed by atoms with Gasteiger partial charge in [0.05, 0.1) is 6.33 Å². The van der Waals surface area contributed by atoms with Crippen molar-refractivity contribution in [2.45, 2.75) is 45.2 Å². The first-order chi connectivity index (χ1) is 13.7. The van der Waals surface area contributed by atoms with Gasteiger partial charge in [0.2, 0.25) is 0 Å². The standard InChI is InChI=1S/C22H27N5O/c1-18-20(8-6-9-21(18)26-12-4-5-13-26)24-22(28)27-14-3-2-7-19(27)10-15-25-16-11-23-17-25/h4-6,8-9,11-13,16-17,19H,2-3,7,10,14-15H2,1H3,(H,24,28). The Morgan fingerprint density at radius 3 is 2.82 bits per heavy atom. The van der Waals surface area contributed by atoms with Crippen LogP contribution in [-0.2, 0) is 6.54 Å². The Hall–Kier alpha value is -3.02. The Balaban J connectivity index is 1.46. The van der Waals surface area contributed by atoms with Crippen molar-refractivity contribution in [3.63, 3.8) is 0 Å². The van der Waals surface area contributed by atoms with Gasteiger partial charge in [-0.3, -0.25) is 0 Å². The number of imidazole rings is 1. The van der Waals surface area contributed by atoms with Crippen molar-refractivity contribution in [2.24, 2.45) is 0 Å². The summed E-state index contributed by atoms with van der Waals surface area (Å²) in [6.07, 6.45) is 13.9. The van der Waals surface area contributed by atoms with Crippen molar-refractivity contribution < 1.29 is 4.79 Å². The van der Waals surface area contributed by atoms with E-state index in [1.165, 1.54) is 6.42 Å². The van der Waals surface area contributed by atoms with Gasteiger partial charge in [0, 0.05) is 55.3 Å². The molecule has 4 rings (SSSR count). The number of likely N-dealkylation sites (tertiary alicyclic amines) is 1.